The Morgan fingerprint density at radius 3 is 3.04 bits per heavy atom. The Morgan fingerprint density at radius 2 is 2.22 bits per heavy atom. The Hall–Kier alpha value is -3.25. The third-order valence-corrected chi connectivity index (χ3v) is 4.72. The van der Waals surface area contributed by atoms with Gasteiger partial charge in [0.05, 0.1) is 18.3 Å². The molecule has 2 aromatic heterocycles. The predicted molar refractivity (Wildman–Crippen MR) is 104 cm³/mol. The summed E-state index contributed by atoms with van der Waals surface area (Å²) >= 11 is 0. The molecule has 136 valence electrons. The number of aryl methyl sites for hydroxylation is 1. The first-order chi connectivity index (χ1) is 13.2. The van der Waals surface area contributed by atoms with Crippen LogP contribution in [0.2, 0.25) is 0 Å². The first-order valence-electron chi connectivity index (χ1n) is 8.83. The van der Waals surface area contributed by atoms with Gasteiger partial charge in [0.25, 0.3) is 0 Å². The maximum atomic E-state index is 12.7. The summed E-state index contributed by atoms with van der Waals surface area (Å²) in [5.41, 5.74) is 5.11. The Labute approximate surface area is 156 Å². The first-order valence-corrected chi connectivity index (χ1v) is 8.83. The van der Waals surface area contributed by atoms with Crippen LogP contribution in [0.5, 0.6) is 0 Å². The molecule has 1 aromatic carbocycles. The van der Waals surface area contributed by atoms with Crippen molar-refractivity contribution < 1.29 is 9.90 Å². The molecule has 0 bridgehead atoms. The van der Waals surface area contributed by atoms with Crippen molar-refractivity contribution in [3.8, 4) is 0 Å². The van der Waals surface area contributed by atoms with Crippen molar-refractivity contribution in [2.24, 2.45) is 0 Å². The average Bonchev–Trinajstić information content (AvgIpc) is 3.35. The molecule has 1 amide bonds. The molecule has 0 saturated carbocycles. The van der Waals surface area contributed by atoms with E-state index in [0.29, 0.717) is 12.0 Å². The lowest BCUT2D eigenvalue weighted by molar-refractivity contribution is -0.118. The highest BCUT2D eigenvalue weighted by Crippen LogP contribution is 2.29. The van der Waals surface area contributed by atoms with Crippen molar-refractivity contribution in [3.63, 3.8) is 0 Å². The summed E-state index contributed by atoms with van der Waals surface area (Å²) in [5.74, 6) is -0.179. The maximum Gasteiger partial charge on any atom is 0.248 e. The minimum absolute atomic E-state index is 0.154. The monoisotopic (exact) mass is 360 g/mol. The van der Waals surface area contributed by atoms with Gasteiger partial charge in [-0.2, -0.15) is 0 Å². The van der Waals surface area contributed by atoms with Crippen LogP contribution < -0.4 is 5.32 Å². The van der Waals surface area contributed by atoms with Gasteiger partial charge in [-0.15, -0.1) is 0 Å². The van der Waals surface area contributed by atoms with E-state index in [-0.39, 0.29) is 12.5 Å². The lowest BCUT2D eigenvalue weighted by atomic mass is 10.0. The number of H-pyrrole nitrogens is 1. The van der Waals surface area contributed by atoms with Crippen LogP contribution >= 0.6 is 0 Å². The number of aromatic nitrogens is 3. The van der Waals surface area contributed by atoms with E-state index in [9.17, 15) is 9.90 Å². The SMILES string of the molecule is Cc1cccc(C(CO)NC(=O)C2=CC(c3ncnc4[nH]ccc34)=CC2)c1. The molecule has 3 N–H and O–H groups in total. The number of rotatable bonds is 5. The summed E-state index contributed by atoms with van der Waals surface area (Å²) in [7, 11) is 0. The number of amides is 1. The number of allylic oxidation sites excluding steroid dienone is 3. The van der Waals surface area contributed by atoms with E-state index in [1.165, 1.54) is 6.33 Å². The number of aliphatic hydroxyl groups excluding tert-OH is 1. The largest absolute Gasteiger partial charge is 0.394 e. The van der Waals surface area contributed by atoms with Crippen molar-refractivity contribution in [2.45, 2.75) is 19.4 Å². The fourth-order valence-corrected chi connectivity index (χ4v) is 3.32. The Morgan fingerprint density at radius 1 is 1.33 bits per heavy atom. The number of fused-ring (bicyclic) bond motifs is 1. The van der Waals surface area contributed by atoms with Gasteiger partial charge in [0, 0.05) is 17.2 Å². The van der Waals surface area contributed by atoms with E-state index < -0.39 is 6.04 Å². The lowest BCUT2D eigenvalue weighted by Crippen LogP contribution is -2.31. The molecule has 1 aliphatic rings. The number of benzene rings is 1. The maximum absolute atomic E-state index is 12.7. The highest BCUT2D eigenvalue weighted by atomic mass is 16.3. The first kappa shape index (κ1) is 17.2. The average molecular weight is 360 g/mol. The van der Waals surface area contributed by atoms with Crippen molar-refractivity contribution in [3.05, 3.63) is 77.4 Å². The lowest BCUT2D eigenvalue weighted by Gasteiger charge is -2.17. The molecule has 0 saturated heterocycles. The van der Waals surface area contributed by atoms with E-state index in [2.05, 4.69) is 20.3 Å². The second-order valence-electron chi connectivity index (χ2n) is 6.62. The van der Waals surface area contributed by atoms with E-state index in [0.717, 1.165) is 33.4 Å². The summed E-state index contributed by atoms with van der Waals surface area (Å²) in [5, 5.41) is 13.6. The number of aliphatic hydroxyl groups is 1. The molecule has 3 aromatic rings. The van der Waals surface area contributed by atoms with Gasteiger partial charge in [-0.25, -0.2) is 9.97 Å². The van der Waals surface area contributed by atoms with Crippen molar-refractivity contribution in [1.29, 1.82) is 0 Å². The summed E-state index contributed by atoms with van der Waals surface area (Å²) in [6.45, 7) is 1.83. The molecule has 1 atom stereocenters. The molecule has 0 aliphatic heterocycles. The summed E-state index contributed by atoms with van der Waals surface area (Å²) < 4.78 is 0. The number of nitrogens with zero attached hydrogens (tertiary/aromatic N) is 2. The quantitative estimate of drug-likeness (QED) is 0.652. The molecule has 6 nitrogen and oxygen atoms in total. The minimum atomic E-state index is -0.433. The molecule has 1 unspecified atom stereocenters. The van der Waals surface area contributed by atoms with Crippen LogP contribution in [0, 0.1) is 6.92 Å². The molecular formula is C21H20N4O2. The molecular weight excluding hydrogens is 340 g/mol. The van der Waals surface area contributed by atoms with Crippen LogP contribution in [-0.4, -0.2) is 32.6 Å². The van der Waals surface area contributed by atoms with Gasteiger partial charge in [-0.1, -0.05) is 35.9 Å². The van der Waals surface area contributed by atoms with Gasteiger partial charge in [0.1, 0.15) is 12.0 Å². The third kappa shape index (κ3) is 3.39. The summed E-state index contributed by atoms with van der Waals surface area (Å²) in [6.07, 6.45) is 7.71. The van der Waals surface area contributed by atoms with Gasteiger partial charge < -0.3 is 15.4 Å². The molecule has 2 heterocycles. The number of hydrogen-bond donors (Lipinski definition) is 3. The van der Waals surface area contributed by atoms with Crippen LogP contribution in [-0.2, 0) is 4.79 Å². The molecule has 4 rings (SSSR count). The Balaban J connectivity index is 1.53. The van der Waals surface area contributed by atoms with E-state index in [4.69, 9.17) is 0 Å². The van der Waals surface area contributed by atoms with E-state index in [1.807, 2.05) is 55.6 Å². The highest BCUT2D eigenvalue weighted by Gasteiger charge is 2.21. The number of nitrogens with one attached hydrogen (secondary N) is 2. The summed E-state index contributed by atoms with van der Waals surface area (Å²) in [4.78, 5) is 24.3. The van der Waals surface area contributed by atoms with Crippen LogP contribution in [0.15, 0.2) is 60.6 Å². The number of hydrogen-bond acceptors (Lipinski definition) is 4. The second kappa shape index (κ2) is 7.17. The van der Waals surface area contributed by atoms with Crippen LogP contribution in [0.1, 0.15) is 29.3 Å². The molecule has 27 heavy (non-hydrogen) atoms. The standard InChI is InChI=1S/C21H20N4O2/c1-13-3-2-4-14(9-13)18(11-26)25-21(27)16-6-5-15(10-16)19-17-7-8-22-20(17)24-12-23-19/h2-5,7-10,12,18,26H,6,11H2,1H3,(H,25,27)(H,22,23,24). The molecule has 6 heteroatoms. The molecule has 0 fully saturated rings. The Kier molecular flexibility index (Phi) is 4.56. The normalized spacial score (nSPS) is 14.7. The zero-order chi connectivity index (χ0) is 18.8. The highest BCUT2D eigenvalue weighted by molar-refractivity contribution is 6.01. The fraction of sp³-hybridized carbons (Fsp3) is 0.190. The van der Waals surface area contributed by atoms with Crippen molar-refractivity contribution in [1.82, 2.24) is 20.3 Å². The zero-order valence-electron chi connectivity index (χ0n) is 14.9. The third-order valence-electron chi connectivity index (χ3n) is 4.72. The Bertz CT molecular complexity index is 1060. The predicted octanol–water partition coefficient (Wildman–Crippen LogP) is 2.83. The summed E-state index contributed by atoms with van der Waals surface area (Å²) in [6, 6.07) is 9.28. The number of aromatic amines is 1. The minimum Gasteiger partial charge on any atom is -0.394 e. The molecule has 0 spiro atoms. The molecule has 1 aliphatic carbocycles. The van der Waals surface area contributed by atoms with Gasteiger partial charge in [0.15, 0.2) is 0 Å². The molecule has 0 radical (unpaired) electrons. The van der Waals surface area contributed by atoms with Gasteiger partial charge >= 0.3 is 0 Å². The van der Waals surface area contributed by atoms with E-state index in [1.54, 1.807) is 0 Å². The van der Waals surface area contributed by atoms with Crippen LogP contribution in [0.25, 0.3) is 16.6 Å². The number of carbonyl (C=O) groups excluding carboxylic acids is 1. The van der Waals surface area contributed by atoms with Crippen molar-refractivity contribution >= 4 is 22.5 Å². The van der Waals surface area contributed by atoms with E-state index >= 15 is 0 Å². The zero-order valence-corrected chi connectivity index (χ0v) is 14.9. The van der Waals surface area contributed by atoms with Gasteiger partial charge in [-0.05, 0) is 36.6 Å². The smallest absolute Gasteiger partial charge is 0.248 e. The topological polar surface area (TPSA) is 90.9 Å². The second-order valence-corrected chi connectivity index (χ2v) is 6.62. The van der Waals surface area contributed by atoms with Gasteiger partial charge in [-0.3, -0.25) is 4.79 Å². The van der Waals surface area contributed by atoms with Gasteiger partial charge in [0.2, 0.25) is 5.91 Å². The fourth-order valence-electron chi connectivity index (χ4n) is 3.32. The van der Waals surface area contributed by atoms with Crippen LogP contribution in [0.3, 0.4) is 0 Å². The number of carbonyl (C=O) groups is 1. The van der Waals surface area contributed by atoms with Crippen molar-refractivity contribution in [2.75, 3.05) is 6.61 Å². The van der Waals surface area contributed by atoms with Crippen LogP contribution in [0.4, 0.5) is 0 Å².